The van der Waals surface area contributed by atoms with Crippen molar-refractivity contribution in [2.45, 2.75) is 0 Å². The number of fused-ring (bicyclic) bond motifs is 6. The first kappa shape index (κ1) is 19.3. The van der Waals surface area contributed by atoms with Gasteiger partial charge in [0.15, 0.2) is 0 Å². The van der Waals surface area contributed by atoms with E-state index >= 15 is 0 Å². The standard InChI is InChI=1S/C32H21NS/c1-2-11-25(12-3-1)33(26-16-14-22-8-4-5-10-24(22)20-26)27-17-19-30-29(21-27)32-28-13-7-6-9-23(28)15-18-31(32)34-30/h1-21H. The number of benzene rings is 6. The van der Waals surface area contributed by atoms with E-state index in [1.165, 1.54) is 47.4 Å². The van der Waals surface area contributed by atoms with Crippen LogP contribution in [0.1, 0.15) is 0 Å². The summed E-state index contributed by atoms with van der Waals surface area (Å²) in [6.07, 6.45) is 0. The molecule has 160 valence electrons. The average molecular weight is 452 g/mol. The van der Waals surface area contributed by atoms with Crippen LogP contribution in [0, 0.1) is 0 Å². The van der Waals surface area contributed by atoms with E-state index in [1.54, 1.807) is 0 Å². The molecular formula is C32H21NS. The minimum absolute atomic E-state index is 1.15. The minimum Gasteiger partial charge on any atom is -0.310 e. The fourth-order valence-corrected chi connectivity index (χ4v) is 6.12. The Balaban J connectivity index is 1.50. The maximum absolute atomic E-state index is 2.36. The number of nitrogens with zero attached hydrogens (tertiary/aromatic N) is 1. The third-order valence-corrected chi connectivity index (χ3v) is 7.74. The lowest BCUT2D eigenvalue weighted by atomic mass is 10.0. The van der Waals surface area contributed by atoms with Gasteiger partial charge < -0.3 is 4.90 Å². The van der Waals surface area contributed by atoms with Gasteiger partial charge in [0.2, 0.25) is 0 Å². The van der Waals surface area contributed by atoms with E-state index in [2.05, 4.69) is 132 Å². The highest BCUT2D eigenvalue weighted by molar-refractivity contribution is 7.26. The Labute approximate surface area is 202 Å². The summed E-state index contributed by atoms with van der Waals surface area (Å²) in [5.74, 6) is 0. The van der Waals surface area contributed by atoms with Crippen LogP contribution in [-0.2, 0) is 0 Å². The highest BCUT2D eigenvalue weighted by atomic mass is 32.1. The molecule has 0 aliphatic carbocycles. The van der Waals surface area contributed by atoms with Gasteiger partial charge in [-0.3, -0.25) is 0 Å². The summed E-state index contributed by atoms with van der Waals surface area (Å²) in [4.78, 5) is 2.36. The van der Waals surface area contributed by atoms with E-state index in [-0.39, 0.29) is 0 Å². The summed E-state index contributed by atoms with van der Waals surface area (Å²) in [6.45, 7) is 0. The molecule has 6 aromatic carbocycles. The van der Waals surface area contributed by atoms with E-state index in [4.69, 9.17) is 0 Å². The predicted octanol–water partition coefficient (Wildman–Crippen LogP) is 9.83. The van der Waals surface area contributed by atoms with Gasteiger partial charge in [0, 0.05) is 37.2 Å². The minimum atomic E-state index is 1.15. The molecule has 0 bridgehead atoms. The van der Waals surface area contributed by atoms with E-state index < -0.39 is 0 Å². The number of thiophene rings is 1. The zero-order valence-corrected chi connectivity index (χ0v) is 19.3. The van der Waals surface area contributed by atoms with Crippen LogP contribution in [0.4, 0.5) is 17.1 Å². The van der Waals surface area contributed by atoms with Gasteiger partial charge in [-0.05, 0) is 70.1 Å². The van der Waals surface area contributed by atoms with E-state index in [9.17, 15) is 0 Å². The van der Waals surface area contributed by atoms with Crippen molar-refractivity contribution in [1.29, 1.82) is 0 Å². The first-order chi connectivity index (χ1) is 16.8. The Hall–Kier alpha value is -4.14. The second-order valence-corrected chi connectivity index (χ2v) is 9.73. The Kier molecular flexibility index (Phi) is 4.39. The average Bonchev–Trinajstić information content (AvgIpc) is 3.28. The lowest BCUT2D eigenvalue weighted by Crippen LogP contribution is -2.09. The largest absolute Gasteiger partial charge is 0.310 e. The van der Waals surface area contributed by atoms with Crippen LogP contribution in [0.2, 0.25) is 0 Å². The predicted molar refractivity (Wildman–Crippen MR) is 149 cm³/mol. The van der Waals surface area contributed by atoms with Crippen LogP contribution in [0.5, 0.6) is 0 Å². The Morgan fingerprint density at radius 2 is 1.06 bits per heavy atom. The fourth-order valence-electron chi connectivity index (χ4n) is 5.01. The van der Waals surface area contributed by atoms with Gasteiger partial charge in [-0.1, -0.05) is 78.9 Å². The molecule has 0 saturated carbocycles. The number of rotatable bonds is 3. The smallest absolute Gasteiger partial charge is 0.0468 e. The molecule has 0 N–H and O–H groups in total. The van der Waals surface area contributed by atoms with Crippen molar-refractivity contribution >= 4 is 70.1 Å². The summed E-state index contributed by atoms with van der Waals surface area (Å²) in [5.41, 5.74) is 3.48. The molecule has 1 heterocycles. The molecule has 7 aromatic rings. The quantitative estimate of drug-likeness (QED) is 0.258. The maximum Gasteiger partial charge on any atom is 0.0468 e. The second-order valence-electron chi connectivity index (χ2n) is 8.64. The van der Waals surface area contributed by atoms with Crippen molar-refractivity contribution in [3.8, 4) is 0 Å². The zero-order chi connectivity index (χ0) is 22.5. The van der Waals surface area contributed by atoms with Crippen molar-refractivity contribution in [1.82, 2.24) is 0 Å². The molecule has 34 heavy (non-hydrogen) atoms. The molecule has 0 unspecified atom stereocenters. The van der Waals surface area contributed by atoms with Crippen molar-refractivity contribution in [2.75, 3.05) is 4.90 Å². The lowest BCUT2D eigenvalue weighted by Gasteiger charge is -2.26. The number of para-hydroxylation sites is 1. The summed E-state index contributed by atoms with van der Waals surface area (Å²) < 4.78 is 2.66. The van der Waals surface area contributed by atoms with E-state index in [0.29, 0.717) is 0 Å². The van der Waals surface area contributed by atoms with Gasteiger partial charge in [0.25, 0.3) is 0 Å². The zero-order valence-electron chi connectivity index (χ0n) is 18.5. The monoisotopic (exact) mass is 451 g/mol. The highest BCUT2D eigenvalue weighted by Crippen LogP contribution is 2.43. The van der Waals surface area contributed by atoms with Gasteiger partial charge in [-0.25, -0.2) is 0 Å². The molecule has 1 aromatic heterocycles. The van der Waals surface area contributed by atoms with Crippen LogP contribution in [-0.4, -0.2) is 0 Å². The van der Waals surface area contributed by atoms with Crippen molar-refractivity contribution in [3.63, 3.8) is 0 Å². The van der Waals surface area contributed by atoms with Gasteiger partial charge in [-0.15, -0.1) is 11.3 Å². The summed E-state index contributed by atoms with van der Waals surface area (Å²) >= 11 is 1.87. The van der Waals surface area contributed by atoms with Crippen LogP contribution in [0.15, 0.2) is 127 Å². The third kappa shape index (κ3) is 3.07. The molecule has 7 rings (SSSR count). The molecule has 1 nitrogen and oxygen atoms in total. The van der Waals surface area contributed by atoms with Crippen LogP contribution in [0.25, 0.3) is 41.7 Å². The van der Waals surface area contributed by atoms with Crippen molar-refractivity contribution in [3.05, 3.63) is 127 Å². The SMILES string of the molecule is c1ccc(N(c2ccc3ccccc3c2)c2ccc3sc4ccc5ccccc5c4c3c2)cc1. The molecule has 2 heteroatoms. The molecular weight excluding hydrogens is 430 g/mol. The first-order valence-corrected chi connectivity index (χ1v) is 12.3. The molecule has 0 radical (unpaired) electrons. The summed E-state index contributed by atoms with van der Waals surface area (Å²) in [5, 5.41) is 7.77. The maximum atomic E-state index is 2.36. The number of anilines is 3. The third-order valence-electron chi connectivity index (χ3n) is 6.61. The molecule has 0 fully saturated rings. The fraction of sp³-hybridized carbons (Fsp3) is 0. The van der Waals surface area contributed by atoms with Gasteiger partial charge in [-0.2, -0.15) is 0 Å². The Morgan fingerprint density at radius 1 is 0.412 bits per heavy atom. The highest BCUT2D eigenvalue weighted by Gasteiger charge is 2.16. The molecule has 0 saturated heterocycles. The Bertz CT molecular complexity index is 1810. The van der Waals surface area contributed by atoms with Gasteiger partial charge >= 0.3 is 0 Å². The Morgan fingerprint density at radius 3 is 1.94 bits per heavy atom. The van der Waals surface area contributed by atoms with Crippen LogP contribution < -0.4 is 4.90 Å². The molecule has 0 atom stereocenters. The molecule has 0 amide bonds. The van der Waals surface area contributed by atoms with Gasteiger partial charge in [0.1, 0.15) is 0 Å². The lowest BCUT2D eigenvalue weighted by molar-refractivity contribution is 1.30. The van der Waals surface area contributed by atoms with Crippen LogP contribution in [0.3, 0.4) is 0 Å². The first-order valence-electron chi connectivity index (χ1n) is 11.5. The molecule has 0 spiro atoms. The van der Waals surface area contributed by atoms with Gasteiger partial charge in [0.05, 0.1) is 0 Å². The molecule has 0 aliphatic heterocycles. The molecule has 0 aliphatic rings. The number of hydrogen-bond donors (Lipinski definition) is 0. The number of hydrogen-bond acceptors (Lipinski definition) is 2. The topological polar surface area (TPSA) is 3.24 Å². The van der Waals surface area contributed by atoms with Crippen molar-refractivity contribution in [2.24, 2.45) is 0 Å². The summed E-state index contributed by atoms with van der Waals surface area (Å²) in [6, 6.07) is 46.0. The normalized spacial score (nSPS) is 11.5. The van der Waals surface area contributed by atoms with E-state index in [0.717, 1.165) is 11.4 Å². The van der Waals surface area contributed by atoms with Crippen molar-refractivity contribution < 1.29 is 0 Å². The second kappa shape index (κ2) is 7.72. The van der Waals surface area contributed by atoms with Crippen LogP contribution >= 0.6 is 11.3 Å². The van der Waals surface area contributed by atoms with E-state index in [1.807, 2.05) is 11.3 Å². The summed E-state index contributed by atoms with van der Waals surface area (Å²) in [7, 11) is 0.